The van der Waals surface area contributed by atoms with E-state index < -0.39 is 42.3 Å². The van der Waals surface area contributed by atoms with Crippen molar-refractivity contribution in [3.8, 4) is 0 Å². The van der Waals surface area contributed by atoms with Crippen molar-refractivity contribution < 1.29 is 29.1 Å². The van der Waals surface area contributed by atoms with Crippen LogP contribution in [0, 0.1) is 11.3 Å². The number of carboxylic acids is 1. The standard InChI is InChI=1S/C30H43N7O6S/c1-3-9-18(10-4-2)26(41)35-21(17-24(38)39)29(43)37-16-8-13-22(37)27(42)34-20(12-7-15-33-30(31)32)25(40)28-36-19-11-5-6-14-23(19)44-28/h5-6,11,14,18,20-22H,3-4,7-10,12-13,15-17H2,1-2H3,(H,34,42)(H,35,41)(H,38,39)(H4,31,32,33)/t20?,21-,22-/m0/s1. The monoisotopic (exact) mass is 629 g/mol. The minimum atomic E-state index is -1.32. The molecular weight excluding hydrogens is 586 g/mol. The van der Waals surface area contributed by atoms with Crippen LogP contribution in [-0.4, -0.2) is 81.6 Å². The van der Waals surface area contributed by atoms with E-state index >= 15 is 0 Å². The summed E-state index contributed by atoms with van der Waals surface area (Å²) in [6, 6.07) is 4.13. The Hall–Kier alpha value is -4.07. The van der Waals surface area contributed by atoms with Gasteiger partial charge in [-0.3, -0.25) is 29.4 Å². The third kappa shape index (κ3) is 9.46. The molecular formula is C30H43N7O6S. The van der Waals surface area contributed by atoms with Crippen LogP contribution in [0.2, 0.25) is 0 Å². The first kappa shape index (κ1) is 34.4. The molecule has 1 fully saturated rings. The number of para-hydroxylation sites is 1. The van der Waals surface area contributed by atoms with Gasteiger partial charge in [0.05, 0.1) is 22.7 Å². The minimum Gasteiger partial charge on any atom is -0.481 e. The second-order valence-electron chi connectivity index (χ2n) is 11.0. The lowest BCUT2D eigenvalue weighted by Gasteiger charge is -2.30. The van der Waals surface area contributed by atoms with E-state index in [1.807, 2.05) is 32.0 Å². The lowest BCUT2D eigenvalue weighted by atomic mass is 9.96. The Morgan fingerprint density at radius 1 is 1.09 bits per heavy atom. The smallest absolute Gasteiger partial charge is 0.305 e. The summed E-state index contributed by atoms with van der Waals surface area (Å²) in [5.74, 6) is -3.69. The molecule has 1 aliphatic heterocycles. The SMILES string of the molecule is CCCC(CCC)C(=O)N[C@@H](CC(=O)O)C(=O)N1CCC[C@H]1C(=O)NC(CCCNC(=N)N)C(=O)c1nc2ccccc2s1. The van der Waals surface area contributed by atoms with Crippen molar-refractivity contribution in [2.45, 2.75) is 89.8 Å². The van der Waals surface area contributed by atoms with Gasteiger partial charge in [0.25, 0.3) is 0 Å². The summed E-state index contributed by atoms with van der Waals surface area (Å²) >= 11 is 1.22. The first-order valence-electron chi connectivity index (χ1n) is 15.2. The molecule has 3 rings (SSSR count). The van der Waals surface area contributed by atoms with Crippen molar-refractivity contribution in [2.75, 3.05) is 13.1 Å². The number of aliphatic carboxylic acids is 1. The molecule has 0 radical (unpaired) electrons. The number of fused-ring (bicyclic) bond motifs is 1. The van der Waals surface area contributed by atoms with Gasteiger partial charge in [0.1, 0.15) is 12.1 Å². The van der Waals surface area contributed by atoms with Crippen LogP contribution in [0.25, 0.3) is 10.2 Å². The average molecular weight is 630 g/mol. The van der Waals surface area contributed by atoms with E-state index in [0.29, 0.717) is 44.2 Å². The molecule has 1 aliphatic rings. The first-order valence-corrected chi connectivity index (χ1v) is 16.0. The van der Waals surface area contributed by atoms with Crippen LogP contribution in [0.3, 0.4) is 0 Å². The number of carbonyl (C=O) groups excluding carboxylic acids is 4. The van der Waals surface area contributed by atoms with Crippen molar-refractivity contribution in [1.29, 1.82) is 5.41 Å². The molecule has 13 nitrogen and oxygen atoms in total. The highest BCUT2D eigenvalue weighted by molar-refractivity contribution is 7.20. The molecule has 44 heavy (non-hydrogen) atoms. The molecule has 0 saturated carbocycles. The second-order valence-corrected chi connectivity index (χ2v) is 12.0. The molecule has 3 atom stereocenters. The van der Waals surface area contributed by atoms with Crippen LogP contribution < -0.4 is 21.7 Å². The van der Waals surface area contributed by atoms with Crippen LogP contribution in [0.5, 0.6) is 0 Å². The lowest BCUT2D eigenvalue weighted by Crippen LogP contribution is -2.56. The number of hydrogen-bond donors (Lipinski definition) is 6. The predicted molar refractivity (Wildman–Crippen MR) is 167 cm³/mol. The maximum absolute atomic E-state index is 13.6. The van der Waals surface area contributed by atoms with Crippen LogP contribution in [0.15, 0.2) is 24.3 Å². The largest absolute Gasteiger partial charge is 0.481 e. The molecule has 7 N–H and O–H groups in total. The Balaban J connectivity index is 1.77. The van der Waals surface area contributed by atoms with E-state index in [-0.39, 0.29) is 41.5 Å². The van der Waals surface area contributed by atoms with Gasteiger partial charge in [-0.25, -0.2) is 4.98 Å². The number of likely N-dealkylation sites (tertiary alicyclic amines) is 1. The maximum atomic E-state index is 13.6. The van der Waals surface area contributed by atoms with Gasteiger partial charge in [-0.2, -0.15) is 0 Å². The number of guanidine groups is 1. The van der Waals surface area contributed by atoms with Crippen LogP contribution >= 0.6 is 11.3 Å². The number of benzene rings is 1. The van der Waals surface area contributed by atoms with Gasteiger partial charge in [0.15, 0.2) is 11.0 Å². The fourth-order valence-electron chi connectivity index (χ4n) is 5.46. The molecule has 0 aliphatic carbocycles. The summed E-state index contributed by atoms with van der Waals surface area (Å²) in [7, 11) is 0. The fraction of sp³-hybridized carbons (Fsp3) is 0.567. The van der Waals surface area contributed by atoms with Gasteiger partial charge in [-0.15, -0.1) is 11.3 Å². The number of aromatic nitrogens is 1. The number of amides is 3. The second kappa shape index (κ2) is 16.7. The number of Topliss-reactive ketones (excluding diaryl/α,β-unsaturated/α-hetero) is 1. The molecule has 1 unspecified atom stereocenters. The topological polar surface area (TPSA) is 208 Å². The average Bonchev–Trinajstić information content (AvgIpc) is 3.65. The number of carboxylic acid groups (broad SMARTS) is 1. The molecule has 1 aromatic heterocycles. The van der Waals surface area contributed by atoms with Crippen LogP contribution in [0.4, 0.5) is 0 Å². The normalized spacial score (nSPS) is 16.0. The zero-order valence-corrected chi connectivity index (χ0v) is 26.1. The summed E-state index contributed by atoms with van der Waals surface area (Å²) in [6.07, 6.45) is 3.65. The van der Waals surface area contributed by atoms with Crippen molar-refractivity contribution in [3.63, 3.8) is 0 Å². The Morgan fingerprint density at radius 2 is 1.80 bits per heavy atom. The first-order chi connectivity index (χ1) is 21.0. The Kier molecular flexibility index (Phi) is 13.1. The highest BCUT2D eigenvalue weighted by Crippen LogP contribution is 2.25. The molecule has 0 spiro atoms. The number of rotatable bonds is 17. The number of thiazole rings is 1. The summed E-state index contributed by atoms with van der Waals surface area (Å²) < 4.78 is 0.832. The summed E-state index contributed by atoms with van der Waals surface area (Å²) in [6.45, 7) is 4.45. The molecule has 2 aromatic rings. The third-order valence-corrected chi connectivity index (χ3v) is 8.65. The number of hydrogen-bond acceptors (Lipinski definition) is 8. The van der Waals surface area contributed by atoms with Crippen LogP contribution in [-0.2, 0) is 19.2 Å². The van der Waals surface area contributed by atoms with Gasteiger partial charge in [0, 0.05) is 19.0 Å². The summed E-state index contributed by atoms with van der Waals surface area (Å²) in [4.78, 5) is 71.3. The number of nitrogens with two attached hydrogens (primary N) is 1. The Labute approximate surface area is 260 Å². The molecule has 14 heteroatoms. The van der Waals surface area contributed by atoms with Crippen molar-refractivity contribution >= 4 is 57.0 Å². The van der Waals surface area contributed by atoms with Gasteiger partial charge in [-0.05, 0) is 50.7 Å². The van der Waals surface area contributed by atoms with E-state index in [2.05, 4.69) is 20.9 Å². The zero-order chi connectivity index (χ0) is 32.2. The number of ketones is 1. The molecule has 1 saturated heterocycles. The highest BCUT2D eigenvalue weighted by atomic mass is 32.1. The van der Waals surface area contributed by atoms with Gasteiger partial charge < -0.3 is 31.7 Å². The van der Waals surface area contributed by atoms with Gasteiger partial charge in [0.2, 0.25) is 23.5 Å². The number of nitrogens with one attached hydrogen (secondary N) is 4. The number of carbonyl (C=O) groups is 5. The van der Waals surface area contributed by atoms with Gasteiger partial charge in [-0.1, -0.05) is 38.8 Å². The summed E-state index contributed by atoms with van der Waals surface area (Å²) in [5.41, 5.74) is 6.04. The van der Waals surface area contributed by atoms with Crippen LogP contribution in [0.1, 0.15) is 81.4 Å². The van der Waals surface area contributed by atoms with Crippen molar-refractivity contribution in [3.05, 3.63) is 29.3 Å². The minimum absolute atomic E-state index is 0.207. The van der Waals surface area contributed by atoms with E-state index in [1.165, 1.54) is 16.2 Å². The Morgan fingerprint density at radius 3 is 2.43 bits per heavy atom. The van der Waals surface area contributed by atoms with Gasteiger partial charge >= 0.3 is 5.97 Å². The number of nitrogens with zero attached hydrogens (tertiary/aromatic N) is 2. The van der Waals surface area contributed by atoms with E-state index in [1.54, 1.807) is 6.07 Å². The van der Waals surface area contributed by atoms with E-state index in [4.69, 9.17) is 11.1 Å². The van der Waals surface area contributed by atoms with Crippen molar-refractivity contribution in [2.24, 2.45) is 11.7 Å². The van der Waals surface area contributed by atoms with E-state index in [0.717, 1.165) is 17.5 Å². The zero-order valence-electron chi connectivity index (χ0n) is 25.3. The maximum Gasteiger partial charge on any atom is 0.305 e. The molecule has 2 heterocycles. The Bertz CT molecular complexity index is 1310. The van der Waals surface area contributed by atoms with Crippen molar-refractivity contribution in [1.82, 2.24) is 25.8 Å². The quantitative estimate of drug-likeness (QED) is 0.0656. The molecule has 0 bridgehead atoms. The van der Waals surface area contributed by atoms with E-state index in [9.17, 15) is 29.1 Å². The molecule has 3 amide bonds. The lowest BCUT2D eigenvalue weighted by molar-refractivity contribution is -0.146. The fourth-order valence-corrected chi connectivity index (χ4v) is 6.42. The predicted octanol–water partition coefficient (Wildman–Crippen LogP) is 2.39. The highest BCUT2D eigenvalue weighted by Gasteiger charge is 2.40. The molecule has 240 valence electrons. The summed E-state index contributed by atoms with van der Waals surface area (Å²) in [5, 5.41) is 25.3. The molecule has 1 aromatic carbocycles. The third-order valence-electron chi connectivity index (χ3n) is 7.60.